The fourth-order valence-corrected chi connectivity index (χ4v) is 2.69. The molecule has 0 bridgehead atoms. The van der Waals surface area contributed by atoms with Crippen molar-refractivity contribution < 1.29 is 9.84 Å². The quantitative estimate of drug-likeness (QED) is 0.554. The minimum atomic E-state index is -0.554. The summed E-state index contributed by atoms with van der Waals surface area (Å²) in [6.07, 6.45) is -0.554. The Labute approximate surface area is 159 Å². The number of benzene rings is 3. The van der Waals surface area contributed by atoms with Gasteiger partial charge in [-0.05, 0) is 41.0 Å². The van der Waals surface area contributed by atoms with Gasteiger partial charge >= 0.3 is 0 Å². The van der Waals surface area contributed by atoms with E-state index >= 15 is 0 Å². The van der Waals surface area contributed by atoms with Crippen LogP contribution in [0.4, 0.5) is 5.69 Å². The molecule has 0 radical (unpaired) electrons. The van der Waals surface area contributed by atoms with E-state index in [-0.39, 0.29) is 5.88 Å². The number of rotatable bonds is 8. The van der Waals surface area contributed by atoms with Crippen molar-refractivity contribution in [1.29, 1.82) is 0 Å². The lowest BCUT2D eigenvalue weighted by Gasteiger charge is -2.12. The minimum Gasteiger partial charge on any atom is -0.489 e. The third kappa shape index (κ3) is 5.25. The molecule has 0 aromatic heterocycles. The predicted molar refractivity (Wildman–Crippen MR) is 108 cm³/mol. The Hall–Kier alpha value is -2.49. The summed E-state index contributed by atoms with van der Waals surface area (Å²) < 4.78 is 5.83. The first-order valence-electron chi connectivity index (χ1n) is 8.60. The molecule has 3 rings (SSSR count). The van der Waals surface area contributed by atoms with Crippen molar-refractivity contribution in [2.24, 2.45) is 0 Å². The lowest BCUT2D eigenvalue weighted by molar-refractivity contribution is 0.211. The van der Waals surface area contributed by atoms with Gasteiger partial charge in [-0.15, -0.1) is 11.6 Å². The molecule has 0 aliphatic carbocycles. The molecule has 0 fully saturated rings. The van der Waals surface area contributed by atoms with Gasteiger partial charge in [0.25, 0.3) is 0 Å². The molecule has 26 heavy (non-hydrogen) atoms. The van der Waals surface area contributed by atoms with Gasteiger partial charge in [-0.3, -0.25) is 0 Å². The van der Waals surface area contributed by atoms with Gasteiger partial charge in [0.15, 0.2) is 0 Å². The first-order valence-corrected chi connectivity index (χ1v) is 9.13. The van der Waals surface area contributed by atoms with E-state index in [9.17, 15) is 5.11 Å². The molecule has 3 aromatic rings. The maximum Gasteiger partial charge on any atom is 0.119 e. The Morgan fingerprint density at radius 1 is 0.885 bits per heavy atom. The zero-order valence-corrected chi connectivity index (χ0v) is 15.2. The van der Waals surface area contributed by atoms with Crippen LogP contribution < -0.4 is 10.1 Å². The van der Waals surface area contributed by atoms with E-state index in [1.807, 2.05) is 66.7 Å². The number of ether oxygens (including phenoxy) is 1. The second-order valence-corrected chi connectivity index (χ2v) is 6.38. The summed E-state index contributed by atoms with van der Waals surface area (Å²) in [5.74, 6) is 1.06. The lowest BCUT2D eigenvalue weighted by Crippen LogP contribution is -2.20. The van der Waals surface area contributed by atoms with Crippen molar-refractivity contribution in [3.8, 4) is 16.9 Å². The Balaban J connectivity index is 1.62. The van der Waals surface area contributed by atoms with Crippen molar-refractivity contribution in [2.45, 2.75) is 12.7 Å². The number of hydrogen-bond donors (Lipinski definition) is 2. The van der Waals surface area contributed by atoms with Crippen molar-refractivity contribution in [3.05, 3.63) is 84.4 Å². The summed E-state index contributed by atoms with van der Waals surface area (Å²) in [7, 11) is 0. The molecular formula is C22H22ClNO2. The molecule has 134 valence electrons. The molecule has 0 amide bonds. The molecule has 3 aromatic carbocycles. The van der Waals surface area contributed by atoms with Crippen LogP contribution in [0.2, 0.25) is 0 Å². The van der Waals surface area contributed by atoms with Gasteiger partial charge in [0, 0.05) is 12.2 Å². The van der Waals surface area contributed by atoms with Crippen molar-refractivity contribution in [1.82, 2.24) is 0 Å². The average molecular weight is 368 g/mol. The highest BCUT2D eigenvalue weighted by Crippen LogP contribution is 2.25. The summed E-state index contributed by atoms with van der Waals surface area (Å²) in [5, 5.41) is 12.8. The lowest BCUT2D eigenvalue weighted by atomic mass is 10.0. The zero-order valence-electron chi connectivity index (χ0n) is 14.4. The van der Waals surface area contributed by atoms with Crippen molar-refractivity contribution in [2.75, 3.05) is 17.7 Å². The molecule has 0 saturated heterocycles. The summed E-state index contributed by atoms with van der Waals surface area (Å²) in [4.78, 5) is 0. The van der Waals surface area contributed by atoms with E-state index in [1.54, 1.807) is 0 Å². The Morgan fingerprint density at radius 2 is 1.65 bits per heavy atom. The molecule has 1 atom stereocenters. The predicted octanol–water partition coefficient (Wildman–Crippen LogP) is 4.94. The molecule has 0 aliphatic heterocycles. The SMILES string of the molecule is OC(CCl)CNc1cccc(-c2ccc(OCc3ccccc3)cc2)c1. The Kier molecular flexibility index (Phi) is 6.53. The number of nitrogens with one attached hydrogen (secondary N) is 1. The average Bonchev–Trinajstić information content (AvgIpc) is 2.72. The molecule has 2 N–H and O–H groups in total. The summed E-state index contributed by atoms with van der Waals surface area (Å²) >= 11 is 5.62. The van der Waals surface area contributed by atoms with Gasteiger partial charge in [-0.25, -0.2) is 0 Å². The van der Waals surface area contributed by atoms with Gasteiger partial charge in [0.2, 0.25) is 0 Å². The number of alkyl halides is 1. The monoisotopic (exact) mass is 367 g/mol. The van der Waals surface area contributed by atoms with E-state index in [2.05, 4.69) is 17.4 Å². The van der Waals surface area contributed by atoms with Gasteiger partial charge in [0.05, 0.1) is 12.0 Å². The summed E-state index contributed by atoms with van der Waals surface area (Å²) in [6.45, 7) is 0.988. The van der Waals surface area contributed by atoms with Crippen LogP contribution in [0.1, 0.15) is 5.56 Å². The van der Waals surface area contributed by atoms with E-state index in [0.29, 0.717) is 13.2 Å². The molecule has 1 unspecified atom stereocenters. The van der Waals surface area contributed by atoms with Crippen molar-refractivity contribution in [3.63, 3.8) is 0 Å². The van der Waals surface area contributed by atoms with Crippen LogP contribution in [0.3, 0.4) is 0 Å². The normalized spacial score (nSPS) is 11.8. The van der Waals surface area contributed by atoms with Gasteiger partial charge in [-0.1, -0.05) is 54.6 Å². The van der Waals surface area contributed by atoms with E-state index in [0.717, 1.165) is 28.1 Å². The molecule has 4 heteroatoms. The van der Waals surface area contributed by atoms with Gasteiger partial charge in [0.1, 0.15) is 12.4 Å². The molecule has 0 spiro atoms. The highest BCUT2D eigenvalue weighted by atomic mass is 35.5. The minimum absolute atomic E-state index is 0.219. The Morgan fingerprint density at radius 3 is 2.38 bits per heavy atom. The van der Waals surface area contributed by atoms with Crippen LogP contribution in [0, 0.1) is 0 Å². The first-order chi connectivity index (χ1) is 12.7. The summed E-state index contributed by atoms with van der Waals surface area (Å²) in [5.41, 5.74) is 4.31. The van der Waals surface area contributed by atoms with Crippen molar-refractivity contribution >= 4 is 17.3 Å². The smallest absolute Gasteiger partial charge is 0.119 e. The molecule has 0 saturated carbocycles. The molecule has 0 aliphatic rings. The Bertz CT molecular complexity index is 806. The highest BCUT2D eigenvalue weighted by molar-refractivity contribution is 6.18. The van der Waals surface area contributed by atoms with Gasteiger partial charge < -0.3 is 15.2 Å². The fraction of sp³-hybridized carbons (Fsp3) is 0.182. The van der Waals surface area contributed by atoms with E-state index in [4.69, 9.17) is 16.3 Å². The molecule has 0 heterocycles. The maximum absolute atomic E-state index is 9.56. The standard InChI is InChI=1S/C22H22ClNO2/c23-14-21(25)15-24-20-8-4-7-19(13-20)18-9-11-22(12-10-18)26-16-17-5-2-1-3-6-17/h1-13,21,24-25H,14-16H2. The fourth-order valence-electron chi connectivity index (χ4n) is 2.58. The third-order valence-corrected chi connectivity index (χ3v) is 4.37. The summed E-state index contributed by atoms with van der Waals surface area (Å²) in [6, 6.07) is 26.3. The maximum atomic E-state index is 9.56. The molecular weight excluding hydrogens is 346 g/mol. The number of aliphatic hydroxyl groups is 1. The number of aliphatic hydroxyl groups excluding tert-OH is 1. The van der Waals surface area contributed by atoms with E-state index in [1.165, 1.54) is 0 Å². The van der Waals surface area contributed by atoms with Crippen LogP contribution in [-0.4, -0.2) is 23.6 Å². The van der Waals surface area contributed by atoms with Crippen LogP contribution in [0.5, 0.6) is 5.75 Å². The van der Waals surface area contributed by atoms with Crippen LogP contribution in [-0.2, 0) is 6.61 Å². The second kappa shape index (κ2) is 9.27. The highest BCUT2D eigenvalue weighted by Gasteiger charge is 2.04. The van der Waals surface area contributed by atoms with Crippen LogP contribution in [0.15, 0.2) is 78.9 Å². The topological polar surface area (TPSA) is 41.5 Å². The van der Waals surface area contributed by atoms with E-state index < -0.39 is 6.10 Å². The van der Waals surface area contributed by atoms with Crippen LogP contribution >= 0.6 is 11.6 Å². The van der Waals surface area contributed by atoms with Crippen LogP contribution in [0.25, 0.3) is 11.1 Å². The first kappa shape index (κ1) is 18.3. The molecule has 3 nitrogen and oxygen atoms in total. The second-order valence-electron chi connectivity index (χ2n) is 6.07. The number of hydrogen-bond acceptors (Lipinski definition) is 3. The largest absolute Gasteiger partial charge is 0.489 e. The third-order valence-electron chi connectivity index (χ3n) is 4.02. The number of halogens is 1. The van der Waals surface area contributed by atoms with Gasteiger partial charge in [-0.2, -0.15) is 0 Å². The zero-order chi connectivity index (χ0) is 18.2. The number of anilines is 1.